The highest BCUT2D eigenvalue weighted by atomic mass is 19.1. The molecule has 17 heavy (non-hydrogen) atoms. The maximum atomic E-state index is 13.2. The van der Waals surface area contributed by atoms with Crippen LogP contribution in [0.4, 0.5) is 21.7 Å². The fourth-order valence-electron chi connectivity index (χ4n) is 1.59. The maximum Gasteiger partial charge on any atom is 0.151 e. The van der Waals surface area contributed by atoms with Crippen molar-refractivity contribution in [3.8, 4) is 0 Å². The van der Waals surface area contributed by atoms with Crippen molar-refractivity contribution in [1.82, 2.24) is 9.97 Å². The summed E-state index contributed by atoms with van der Waals surface area (Å²) in [5, 5.41) is 0. The Labute approximate surface area is 98.9 Å². The highest BCUT2D eigenvalue weighted by Crippen LogP contribution is 2.23. The van der Waals surface area contributed by atoms with Crippen molar-refractivity contribution in [3.05, 3.63) is 42.5 Å². The second-order valence-corrected chi connectivity index (χ2v) is 3.52. The maximum absolute atomic E-state index is 13.2. The average Bonchev–Trinajstić information content (AvgIpc) is 2.33. The average molecular weight is 232 g/mol. The zero-order chi connectivity index (χ0) is 12.3. The molecule has 0 amide bonds. The summed E-state index contributed by atoms with van der Waals surface area (Å²) in [6.07, 6.45) is 3.06. The fraction of sp³-hybridized carbons (Fsp3) is 0.167. The van der Waals surface area contributed by atoms with Gasteiger partial charge < -0.3 is 10.6 Å². The molecule has 88 valence electrons. The molecular weight excluding hydrogens is 219 g/mol. The van der Waals surface area contributed by atoms with Crippen molar-refractivity contribution < 1.29 is 4.39 Å². The molecule has 2 rings (SSSR count). The van der Waals surface area contributed by atoms with Crippen molar-refractivity contribution in [2.45, 2.75) is 6.92 Å². The van der Waals surface area contributed by atoms with E-state index in [1.165, 1.54) is 18.3 Å². The molecule has 1 aromatic heterocycles. The third kappa shape index (κ3) is 2.50. The minimum Gasteiger partial charge on any atom is -0.382 e. The lowest BCUT2D eigenvalue weighted by Gasteiger charge is -2.21. The number of aromatic nitrogens is 2. The standard InChI is InChI=1S/C12H13FN4/c1-2-17(10-5-3-4-9(13)6-10)12-8-15-11(14)7-16-12/h3-8H,2H2,1H3,(H2,14,15). The molecule has 0 saturated heterocycles. The summed E-state index contributed by atoms with van der Waals surface area (Å²) in [5.41, 5.74) is 6.22. The Kier molecular flexibility index (Phi) is 3.18. The number of nitrogens with zero attached hydrogens (tertiary/aromatic N) is 3. The zero-order valence-corrected chi connectivity index (χ0v) is 9.47. The van der Waals surface area contributed by atoms with Gasteiger partial charge in [-0.15, -0.1) is 0 Å². The van der Waals surface area contributed by atoms with E-state index in [1.54, 1.807) is 12.3 Å². The van der Waals surface area contributed by atoms with Crippen molar-refractivity contribution in [2.75, 3.05) is 17.2 Å². The zero-order valence-electron chi connectivity index (χ0n) is 9.47. The first kappa shape index (κ1) is 11.3. The molecular formula is C12H13FN4. The SMILES string of the molecule is CCN(c1cccc(F)c1)c1cnc(N)cn1. The van der Waals surface area contributed by atoms with Gasteiger partial charge in [0.1, 0.15) is 11.6 Å². The molecule has 5 heteroatoms. The molecule has 0 radical (unpaired) electrons. The van der Waals surface area contributed by atoms with E-state index in [-0.39, 0.29) is 5.82 Å². The second kappa shape index (κ2) is 4.78. The lowest BCUT2D eigenvalue weighted by Crippen LogP contribution is -2.17. The van der Waals surface area contributed by atoms with Gasteiger partial charge in [0.15, 0.2) is 5.82 Å². The Morgan fingerprint density at radius 3 is 2.71 bits per heavy atom. The molecule has 0 spiro atoms. The third-order valence-corrected chi connectivity index (χ3v) is 2.37. The first-order valence-corrected chi connectivity index (χ1v) is 5.31. The predicted molar refractivity (Wildman–Crippen MR) is 65.5 cm³/mol. The number of anilines is 3. The van der Waals surface area contributed by atoms with E-state index in [9.17, 15) is 4.39 Å². The largest absolute Gasteiger partial charge is 0.382 e. The van der Waals surface area contributed by atoms with Gasteiger partial charge in [-0.05, 0) is 25.1 Å². The third-order valence-electron chi connectivity index (χ3n) is 2.37. The molecule has 0 aliphatic carbocycles. The smallest absolute Gasteiger partial charge is 0.151 e. The van der Waals surface area contributed by atoms with Crippen LogP contribution in [0.2, 0.25) is 0 Å². The lowest BCUT2D eigenvalue weighted by atomic mass is 10.3. The van der Waals surface area contributed by atoms with E-state index in [2.05, 4.69) is 9.97 Å². The predicted octanol–water partition coefficient (Wildman–Crippen LogP) is 2.36. The summed E-state index contributed by atoms with van der Waals surface area (Å²) < 4.78 is 13.2. The van der Waals surface area contributed by atoms with Gasteiger partial charge in [-0.3, -0.25) is 0 Å². The normalized spacial score (nSPS) is 10.2. The van der Waals surface area contributed by atoms with E-state index >= 15 is 0 Å². The van der Waals surface area contributed by atoms with Gasteiger partial charge in [0.05, 0.1) is 12.4 Å². The lowest BCUT2D eigenvalue weighted by molar-refractivity contribution is 0.627. The molecule has 0 saturated carbocycles. The van der Waals surface area contributed by atoms with E-state index in [0.29, 0.717) is 18.2 Å². The second-order valence-electron chi connectivity index (χ2n) is 3.52. The molecule has 0 unspecified atom stereocenters. The van der Waals surface area contributed by atoms with Crippen LogP contribution in [0.3, 0.4) is 0 Å². The van der Waals surface area contributed by atoms with Crippen LogP contribution in [0.25, 0.3) is 0 Å². The number of nitrogen functional groups attached to an aromatic ring is 1. The quantitative estimate of drug-likeness (QED) is 0.882. The molecule has 0 fully saturated rings. The van der Waals surface area contributed by atoms with Crippen LogP contribution in [0.1, 0.15) is 6.92 Å². The number of halogens is 1. The van der Waals surface area contributed by atoms with Gasteiger partial charge in [-0.2, -0.15) is 0 Å². The molecule has 4 nitrogen and oxygen atoms in total. The number of hydrogen-bond donors (Lipinski definition) is 1. The summed E-state index contributed by atoms with van der Waals surface area (Å²) in [4.78, 5) is 10.0. The van der Waals surface area contributed by atoms with Crippen LogP contribution in [-0.4, -0.2) is 16.5 Å². The van der Waals surface area contributed by atoms with Crippen LogP contribution in [0, 0.1) is 5.82 Å². The first-order chi connectivity index (χ1) is 8.20. The topological polar surface area (TPSA) is 55.0 Å². The molecule has 2 aromatic rings. The summed E-state index contributed by atoms with van der Waals surface area (Å²) in [6.45, 7) is 2.63. The number of nitrogens with two attached hydrogens (primary N) is 1. The Morgan fingerprint density at radius 2 is 2.12 bits per heavy atom. The summed E-state index contributed by atoms with van der Waals surface area (Å²) in [7, 11) is 0. The first-order valence-electron chi connectivity index (χ1n) is 5.31. The summed E-state index contributed by atoms with van der Waals surface area (Å²) in [6, 6.07) is 6.36. The highest BCUT2D eigenvalue weighted by molar-refractivity contribution is 5.59. The van der Waals surface area contributed by atoms with Gasteiger partial charge in [0.2, 0.25) is 0 Å². The van der Waals surface area contributed by atoms with Crippen LogP contribution >= 0.6 is 0 Å². The van der Waals surface area contributed by atoms with Crippen molar-refractivity contribution >= 4 is 17.3 Å². The van der Waals surface area contributed by atoms with Gasteiger partial charge in [0, 0.05) is 12.2 Å². The van der Waals surface area contributed by atoms with Crippen LogP contribution in [-0.2, 0) is 0 Å². The van der Waals surface area contributed by atoms with Crippen molar-refractivity contribution in [2.24, 2.45) is 0 Å². The Morgan fingerprint density at radius 1 is 1.29 bits per heavy atom. The minimum absolute atomic E-state index is 0.274. The van der Waals surface area contributed by atoms with Crippen LogP contribution in [0.5, 0.6) is 0 Å². The van der Waals surface area contributed by atoms with Crippen molar-refractivity contribution in [3.63, 3.8) is 0 Å². The van der Waals surface area contributed by atoms with Crippen molar-refractivity contribution in [1.29, 1.82) is 0 Å². The number of benzene rings is 1. The molecule has 0 aliphatic heterocycles. The van der Waals surface area contributed by atoms with E-state index in [0.717, 1.165) is 5.69 Å². The van der Waals surface area contributed by atoms with E-state index in [4.69, 9.17) is 5.73 Å². The molecule has 1 heterocycles. The Bertz CT molecular complexity index is 498. The minimum atomic E-state index is -0.274. The van der Waals surface area contributed by atoms with Gasteiger partial charge in [-0.1, -0.05) is 6.07 Å². The summed E-state index contributed by atoms with van der Waals surface area (Å²) in [5.74, 6) is 0.737. The molecule has 0 bridgehead atoms. The molecule has 1 aromatic carbocycles. The van der Waals surface area contributed by atoms with Gasteiger partial charge >= 0.3 is 0 Å². The highest BCUT2D eigenvalue weighted by Gasteiger charge is 2.09. The summed E-state index contributed by atoms with van der Waals surface area (Å²) >= 11 is 0. The van der Waals surface area contributed by atoms with E-state index < -0.39 is 0 Å². The van der Waals surface area contributed by atoms with Gasteiger partial charge in [0.25, 0.3) is 0 Å². The van der Waals surface area contributed by atoms with E-state index in [1.807, 2.05) is 17.9 Å². The van der Waals surface area contributed by atoms with Crippen LogP contribution < -0.4 is 10.6 Å². The Hall–Kier alpha value is -2.17. The fourth-order valence-corrected chi connectivity index (χ4v) is 1.59. The number of hydrogen-bond acceptors (Lipinski definition) is 4. The van der Waals surface area contributed by atoms with Gasteiger partial charge in [-0.25, -0.2) is 14.4 Å². The Balaban J connectivity index is 2.36. The van der Waals surface area contributed by atoms with Crippen LogP contribution in [0.15, 0.2) is 36.7 Å². The number of rotatable bonds is 3. The molecule has 0 atom stereocenters. The molecule has 2 N–H and O–H groups in total. The monoisotopic (exact) mass is 232 g/mol. The molecule has 0 aliphatic rings.